The summed E-state index contributed by atoms with van der Waals surface area (Å²) in [4.78, 5) is 17.9. The maximum atomic E-state index is 13.8. The van der Waals surface area contributed by atoms with Gasteiger partial charge in [0.2, 0.25) is 0 Å². The molecule has 0 atom stereocenters. The molecule has 0 spiro atoms. The maximum absolute atomic E-state index is 13.8. The fourth-order valence-corrected chi connectivity index (χ4v) is 4.64. The summed E-state index contributed by atoms with van der Waals surface area (Å²) in [6.45, 7) is 4.46. The molecule has 5 nitrogen and oxygen atoms in total. The molecular formula is C24H23F3N2O3S. The van der Waals surface area contributed by atoms with Crippen LogP contribution in [0.3, 0.4) is 0 Å². The predicted octanol–water partition coefficient (Wildman–Crippen LogP) is 5.80. The summed E-state index contributed by atoms with van der Waals surface area (Å²) in [5.74, 6) is -0.682. The molecule has 0 bridgehead atoms. The number of ether oxygens (including phenoxy) is 1. The van der Waals surface area contributed by atoms with Crippen molar-refractivity contribution in [3.8, 4) is 26.8 Å². The van der Waals surface area contributed by atoms with E-state index in [9.17, 15) is 18.0 Å². The number of carboxylic acid groups (broad SMARTS) is 1. The molecule has 1 aliphatic heterocycles. The average molecular weight is 477 g/mol. The lowest BCUT2D eigenvalue weighted by Crippen LogP contribution is -2.49. The molecule has 2 aromatic carbocycles. The van der Waals surface area contributed by atoms with E-state index in [2.05, 4.69) is 4.98 Å². The van der Waals surface area contributed by atoms with Crippen LogP contribution < -0.4 is 4.74 Å². The molecule has 1 aromatic heterocycles. The Morgan fingerprint density at radius 3 is 2.45 bits per heavy atom. The number of halogens is 3. The van der Waals surface area contributed by atoms with E-state index in [0.29, 0.717) is 10.6 Å². The number of benzene rings is 2. The van der Waals surface area contributed by atoms with Crippen molar-refractivity contribution in [2.45, 2.75) is 32.7 Å². The number of nitrogens with zero attached hydrogens (tertiary/aromatic N) is 2. The normalized spacial score (nSPS) is 15.0. The van der Waals surface area contributed by atoms with Gasteiger partial charge in [-0.2, -0.15) is 13.2 Å². The number of hydrogen-bond donors (Lipinski definition) is 1. The largest absolute Gasteiger partial charge is 0.491 e. The molecule has 33 heavy (non-hydrogen) atoms. The quantitative estimate of drug-likeness (QED) is 0.467. The summed E-state index contributed by atoms with van der Waals surface area (Å²) >= 11 is 1.32. The number of aromatic nitrogens is 1. The smallest absolute Gasteiger partial charge is 0.416 e. The Kier molecular flexibility index (Phi) is 6.45. The topological polar surface area (TPSA) is 62.7 Å². The van der Waals surface area contributed by atoms with Gasteiger partial charge in [-0.1, -0.05) is 12.1 Å². The van der Waals surface area contributed by atoms with Gasteiger partial charge in [0.15, 0.2) is 0 Å². The van der Waals surface area contributed by atoms with Crippen LogP contribution in [0.15, 0.2) is 48.7 Å². The molecule has 3 aromatic rings. The van der Waals surface area contributed by atoms with E-state index >= 15 is 0 Å². The molecule has 0 aliphatic carbocycles. The zero-order valence-corrected chi connectivity index (χ0v) is 18.9. The Labute approximate surface area is 193 Å². The molecule has 0 unspecified atom stereocenters. The molecule has 174 valence electrons. The third-order valence-electron chi connectivity index (χ3n) is 5.38. The lowest BCUT2D eigenvalue weighted by molar-refractivity contribution is -0.148. The van der Waals surface area contributed by atoms with Crippen molar-refractivity contribution < 1.29 is 27.8 Å². The first-order valence-corrected chi connectivity index (χ1v) is 11.3. The van der Waals surface area contributed by atoms with Crippen molar-refractivity contribution in [2.24, 2.45) is 5.92 Å². The lowest BCUT2D eigenvalue weighted by Gasteiger charge is -2.37. The van der Waals surface area contributed by atoms with E-state index in [0.717, 1.165) is 22.3 Å². The number of hydrogen-bond acceptors (Lipinski definition) is 5. The van der Waals surface area contributed by atoms with E-state index in [-0.39, 0.29) is 31.3 Å². The lowest BCUT2D eigenvalue weighted by atomic mass is 9.97. The van der Waals surface area contributed by atoms with E-state index in [4.69, 9.17) is 9.84 Å². The van der Waals surface area contributed by atoms with Crippen molar-refractivity contribution in [1.29, 1.82) is 0 Å². The Bertz CT molecular complexity index is 1140. The number of thiazole rings is 1. The van der Waals surface area contributed by atoms with Gasteiger partial charge in [0.05, 0.1) is 22.5 Å². The van der Waals surface area contributed by atoms with Crippen LogP contribution in [0.4, 0.5) is 13.2 Å². The van der Waals surface area contributed by atoms with Gasteiger partial charge in [0.25, 0.3) is 0 Å². The number of likely N-dealkylation sites (tertiary alicyclic amines) is 1. The molecule has 1 aliphatic rings. The van der Waals surface area contributed by atoms with Gasteiger partial charge >= 0.3 is 12.1 Å². The summed E-state index contributed by atoms with van der Waals surface area (Å²) in [6.07, 6.45) is -2.79. The standard InChI is InChI=1S/C24H23F3N2O3S/c1-14(2)32-19-7-5-15(6-8-19)21-10-28-22(33-21)16-3-4-17(20(9-16)24(25,26)27)11-29-12-18(13-29)23(30)31/h3-10,14,18H,11-13H2,1-2H3,(H,30,31). The second kappa shape index (κ2) is 9.15. The Morgan fingerprint density at radius 2 is 1.85 bits per heavy atom. The zero-order valence-electron chi connectivity index (χ0n) is 18.1. The van der Waals surface area contributed by atoms with Gasteiger partial charge in [-0.15, -0.1) is 11.3 Å². The first-order chi connectivity index (χ1) is 15.6. The van der Waals surface area contributed by atoms with E-state index in [1.165, 1.54) is 17.4 Å². The highest BCUT2D eigenvalue weighted by Gasteiger charge is 2.37. The van der Waals surface area contributed by atoms with Gasteiger partial charge in [-0.05, 0) is 55.3 Å². The Balaban J connectivity index is 1.55. The van der Waals surface area contributed by atoms with Crippen molar-refractivity contribution in [3.63, 3.8) is 0 Å². The SMILES string of the molecule is CC(C)Oc1ccc(-c2cnc(-c3ccc(CN4CC(C(=O)O)C4)c(C(F)(F)F)c3)s2)cc1. The summed E-state index contributed by atoms with van der Waals surface area (Å²) < 4.78 is 47.0. The molecule has 2 heterocycles. The Morgan fingerprint density at radius 1 is 1.18 bits per heavy atom. The van der Waals surface area contributed by atoms with Crippen LogP contribution in [-0.4, -0.2) is 40.2 Å². The summed E-state index contributed by atoms with van der Waals surface area (Å²) in [5, 5.41) is 9.48. The summed E-state index contributed by atoms with van der Waals surface area (Å²) in [6, 6.07) is 11.7. The van der Waals surface area contributed by atoms with Crippen LogP contribution in [-0.2, 0) is 17.5 Å². The van der Waals surface area contributed by atoms with Crippen LogP contribution >= 0.6 is 11.3 Å². The van der Waals surface area contributed by atoms with Gasteiger partial charge < -0.3 is 9.84 Å². The second-order valence-electron chi connectivity index (χ2n) is 8.32. The summed E-state index contributed by atoms with van der Waals surface area (Å²) in [7, 11) is 0. The van der Waals surface area contributed by atoms with Crippen LogP contribution in [0.25, 0.3) is 21.0 Å². The maximum Gasteiger partial charge on any atom is 0.416 e. The van der Waals surface area contributed by atoms with Gasteiger partial charge in [-0.25, -0.2) is 4.98 Å². The first kappa shape index (κ1) is 23.3. The van der Waals surface area contributed by atoms with E-state index in [1.54, 1.807) is 17.2 Å². The Hall–Kier alpha value is -2.91. The van der Waals surface area contributed by atoms with E-state index < -0.39 is 23.6 Å². The molecular weight excluding hydrogens is 453 g/mol. The number of rotatable bonds is 7. The molecule has 0 radical (unpaired) electrons. The van der Waals surface area contributed by atoms with E-state index in [1.807, 2.05) is 38.1 Å². The fourth-order valence-electron chi connectivity index (χ4n) is 3.72. The number of carbonyl (C=O) groups is 1. The van der Waals surface area contributed by atoms with Gasteiger partial charge in [0, 0.05) is 31.4 Å². The van der Waals surface area contributed by atoms with Crippen molar-refractivity contribution in [2.75, 3.05) is 13.1 Å². The summed E-state index contributed by atoms with van der Waals surface area (Å²) in [5.41, 5.74) is 0.723. The molecule has 0 amide bonds. The highest BCUT2D eigenvalue weighted by Crippen LogP contribution is 2.38. The molecule has 1 saturated heterocycles. The molecule has 1 fully saturated rings. The predicted molar refractivity (Wildman–Crippen MR) is 120 cm³/mol. The monoisotopic (exact) mass is 476 g/mol. The third-order valence-corrected chi connectivity index (χ3v) is 6.47. The van der Waals surface area contributed by atoms with Crippen LogP contribution in [0.1, 0.15) is 25.0 Å². The van der Waals surface area contributed by atoms with Crippen molar-refractivity contribution >= 4 is 17.3 Å². The van der Waals surface area contributed by atoms with Crippen LogP contribution in [0, 0.1) is 5.92 Å². The first-order valence-electron chi connectivity index (χ1n) is 10.5. The van der Waals surface area contributed by atoms with Gasteiger partial charge in [-0.3, -0.25) is 9.69 Å². The van der Waals surface area contributed by atoms with Crippen LogP contribution in [0.5, 0.6) is 5.75 Å². The molecule has 4 rings (SSSR count). The fraction of sp³-hybridized carbons (Fsp3) is 0.333. The number of alkyl halides is 3. The average Bonchev–Trinajstić information content (AvgIpc) is 3.19. The van der Waals surface area contributed by atoms with Crippen molar-refractivity contribution in [1.82, 2.24) is 9.88 Å². The second-order valence-corrected chi connectivity index (χ2v) is 9.35. The molecule has 1 N–H and O–H groups in total. The number of aliphatic carboxylic acids is 1. The highest BCUT2D eigenvalue weighted by molar-refractivity contribution is 7.18. The minimum Gasteiger partial charge on any atom is -0.491 e. The minimum absolute atomic E-state index is 0.0623. The highest BCUT2D eigenvalue weighted by atomic mass is 32.1. The molecule has 9 heteroatoms. The number of carboxylic acids is 1. The minimum atomic E-state index is -4.52. The van der Waals surface area contributed by atoms with Crippen molar-refractivity contribution in [3.05, 3.63) is 59.8 Å². The molecule has 0 saturated carbocycles. The van der Waals surface area contributed by atoms with Crippen LogP contribution in [0.2, 0.25) is 0 Å². The van der Waals surface area contributed by atoms with Gasteiger partial charge in [0.1, 0.15) is 10.8 Å². The zero-order chi connectivity index (χ0) is 23.8. The third kappa shape index (κ3) is 5.36.